The fraction of sp³-hybridized carbons (Fsp3) is 0.846. The number of hydrogen-bond acceptors (Lipinski definition) is 3. The summed E-state index contributed by atoms with van der Waals surface area (Å²) in [5.74, 6) is 1.88. The average molecular weight is 273 g/mol. The van der Waals surface area contributed by atoms with Gasteiger partial charge in [-0.15, -0.1) is 0 Å². The first-order chi connectivity index (χ1) is 8.49. The molecule has 0 aliphatic carbocycles. The number of nitrogens with one attached hydrogen (secondary N) is 1. The van der Waals surface area contributed by atoms with Crippen LogP contribution in [0.4, 0.5) is 0 Å². The number of carbonyl (C=O) groups excluding carboxylic acids is 1. The van der Waals surface area contributed by atoms with E-state index in [0.29, 0.717) is 18.8 Å². The summed E-state index contributed by atoms with van der Waals surface area (Å²) in [4.78, 5) is 22.9. The third kappa shape index (κ3) is 5.76. The molecule has 1 amide bonds. The Hall–Kier alpha value is -0.710. The second-order valence-electron chi connectivity index (χ2n) is 5.35. The fourth-order valence-electron chi connectivity index (χ4n) is 2.16. The zero-order valence-electron chi connectivity index (χ0n) is 11.1. The highest BCUT2D eigenvalue weighted by Crippen LogP contribution is 2.25. The Morgan fingerprint density at radius 3 is 2.44 bits per heavy atom. The van der Waals surface area contributed by atoms with Crippen LogP contribution in [0.5, 0.6) is 0 Å². The zero-order chi connectivity index (χ0) is 13.5. The molecule has 18 heavy (non-hydrogen) atoms. The summed E-state index contributed by atoms with van der Waals surface area (Å²) in [6.07, 6.45) is 3.10. The molecular formula is C13H23NO3S. The second-order valence-corrected chi connectivity index (χ2v) is 6.57. The molecule has 4 nitrogen and oxygen atoms in total. The van der Waals surface area contributed by atoms with E-state index in [1.165, 1.54) is 0 Å². The third-order valence-electron chi connectivity index (χ3n) is 3.16. The first kappa shape index (κ1) is 15.3. The van der Waals surface area contributed by atoms with E-state index in [1.807, 2.05) is 25.6 Å². The van der Waals surface area contributed by atoms with Crippen LogP contribution in [0.3, 0.4) is 0 Å². The van der Waals surface area contributed by atoms with Crippen molar-refractivity contribution in [2.24, 2.45) is 11.8 Å². The molecule has 0 aromatic rings. The molecule has 1 atom stereocenters. The molecule has 0 unspecified atom stereocenters. The molecule has 1 aliphatic heterocycles. The van der Waals surface area contributed by atoms with Crippen LogP contribution in [0.15, 0.2) is 0 Å². The normalized spacial score (nSPS) is 18.6. The molecule has 2 N–H and O–H groups in total. The molecule has 5 heteroatoms. The molecule has 0 bridgehead atoms. The van der Waals surface area contributed by atoms with Gasteiger partial charge in [0.15, 0.2) is 0 Å². The Kier molecular flexibility index (Phi) is 6.54. The van der Waals surface area contributed by atoms with Gasteiger partial charge in [0.25, 0.3) is 0 Å². The minimum atomic E-state index is -0.934. The molecule has 0 saturated carbocycles. The number of hydrogen-bond donors (Lipinski definition) is 2. The van der Waals surface area contributed by atoms with Gasteiger partial charge in [-0.25, -0.2) is 4.79 Å². The number of carbonyl (C=O) groups is 2. The Balaban J connectivity index is 2.37. The smallest absolute Gasteiger partial charge is 0.326 e. The van der Waals surface area contributed by atoms with Crippen molar-refractivity contribution in [3.05, 3.63) is 0 Å². The van der Waals surface area contributed by atoms with Crippen molar-refractivity contribution < 1.29 is 14.7 Å². The maximum atomic E-state index is 11.8. The van der Waals surface area contributed by atoms with Crippen LogP contribution < -0.4 is 5.32 Å². The predicted octanol–water partition coefficient (Wildman–Crippen LogP) is 2.14. The van der Waals surface area contributed by atoms with Gasteiger partial charge in [0.2, 0.25) is 5.91 Å². The molecule has 0 spiro atoms. The molecule has 0 aromatic heterocycles. The van der Waals surface area contributed by atoms with Crippen LogP contribution in [0.25, 0.3) is 0 Å². The quantitative estimate of drug-likeness (QED) is 0.778. The van der Waals surface area contributed by atoms with E-state index in [1.54, 1.807) is 0 Å². The van der Waals surface area contributed by atoms with Crippen molar-refractivity contribution in [2.75, 3.05) is 11.5 Å². The van der Waals surface area contributed by atoms with Gasteiger partial charge in [0, 0.05) is 6.42 Å². The van der Waals surface area contributed by atoms with E-state index in [9.17, 15) is 9.59 Å². The van der Waals surface area contributed by atoms with Crippen LogP contribution in [-0.4, -0.2) is 34.5 Å². The Morgan fingerprint density at radius 2 is 1.94 bits per heavy atom. The van der Waals surface area contributed by atoms with Crippen molar-refractivity contribution in [2.45, 2.75) is 45.6 Å². The van der Waals surface area contributed by atoms with Crippen LogP contribution in [0.1, 0.15) is 39.5 Å². The number of aliphatic carboxylic acids is 1. The lowest BCUT2D eigenvalue weighted by Crippen LogP contribution is -2.42. The minimum Gasteiger partial charge on any atom is -0.480 e. The van der Waals surface area contributed by atoms with Crippen LogP contribution >= 0.6 is 11.8 Å². The molecule has 0 radical (unpaired) electrons. The van der Waals surface area contributed by atoms with Crippen molar-refractivity contribution in [1.82, 2.24) is 5.32 Å². The molecule has 104 valence electrons. The Morgan fingerprint density at radius 1 is 1.33 bits per heavy atom. The van der Waals surface area contributed by atoms with Gasteiger partial charge in [0.05, 0.1) is 0 Å². The van der Waals surface area contributed by atoms with Gasteiger partial charge in [-0.2, -0.15) is 11.8 Å². The second kappa shape index (κ2) is 7.67. The largest absolute Gasteiger partial charge is 0.480 e. The number of carboxylic acid groups (broad SMARTS) is 1. The molecule has 0 aromatic carbocycles. The number of thioether (sulfide) groups is 1. The summed E-state index contributed by atoms with van der Waals surface area (Å²) in [6.45, 7) is 3.92. The van der Waals surface area contributed by atoms with Crippen molar-refractivity contribution in [3.8, 4) is 0 Å². The highest BCUT2D eigenvalue weighted by Gasteiger charge is 2.23. The molecular weight excluding hydrogens is 250 g/mol. The van der Waals surface area contributed by atoms with Crippen molar-refractivity contribution in [1.29, 1.82) is 0 Å². The summed E-state index contributed by atoms with van der Waals surface area (Å²) in [5.41, 5.74) is 0. The lowest BCUT2D eigenvalue weighted by atomic mass is 9.97. The van der Waals surface area contributed by atoms with Gasteiger partial charge < -0.3 is 10.4 Å². The fourth-order valence-corrected chi connectivity index (χ4v) is 3.36. The molecule has 1 rings (SSSR count). The zero-order valence-corrected chi connectivity index (χ0v) is 12.0. The molecule has 1 heterocycles. The van der Waals surface area contributed by atoms with Crippen molar-refractivity contribution in [3.63, 3.8) is 0 Å². The van der Waals surface area contributed by atoms with Crippen molar-refractivity contribution >= 4 is 23.6 Å². The predicted molar refractivity (Wildman–Crippen MR) is 73.7 cm³/mol. The summed E-state index contributed by atoms with van der Waals surface area (Å²) < 4.78 is 0. The van der Waals surface area contributed by atoms with Gasteiger partial charge in [-0.05, 0) is 42.6 Å². The minimum absolute atomic E-state index is 0.111. The van der Waals surface area contributed by atoms with Gasteiger partial charge in [-0.3, -0.25) is 4.79 Å². The summed E-state index contributed by atoms with van der Waals surface area (Å²) in [7, 11) is 0. The highest BCUT2D eigenvalue weighted by molar-refractivity contribution is 7.99. The topological polar surface area (TPSA) is 66.4 Å². The van der Waals surface area contributed by atoms with E-state index >= 15 is 0 Å². The van der Waals surface area contributed by atoms with Crippen LogP contribution in [0.2, 0.25) is 0 Å². The van der Waals surface area contributed by atoms with E-state index in [4.69, 9.17) is 5.11 Å². The molecule has 1 saturated heterocycles. The first-order valence-corrected chi connectivity index (χ1v) is 7.74. The average Bonchev–Trinajstić information content (AvgIpc) is 2.28. The van der Waals surface area contributed by atoms with E-state index < -0.39 is 12.0 Å². The summed E-state index contributed by atoms with van der Waals surface area (Å²) >= 11 is 1.93. The molecule has 1 aliphatic rings. The maximum absolute atomic E-state index is 11.8. The number of rotatable bonds is 6. The molecule has 1 fully saturated rings. The monoisotopic (exact) mass is 273 g/mol. The lowest BCUT2D eigenvalue weighted by Gasteiger charge is -2.22. The Bertz CT molecular complexity index is 288. The SMILES string of the molecule is CC(C)C[C@@H](NC(=O)CC1CCSCC1)C(=O)O. The lowest BCUT2D eigenvalue weighted by molar-refractivity contribution is -0.142. The van der Waals surface area contributed by atoms with Gasteiger partial charge in [0.1, 0.15) is 6.04 Å². The van der Waals surface area contributed by atoms with Gasteiger partial charge in [-0.1, -0.05) is 13.8 Å². The maximum Gasteiger partial charge on any atom is 0.326 e. The highest BCUT2D eigenvalue weighted by atomic mass is 32.2. The number of carboxylic acids is 1. The Labute approximate surface area is 113 Å². The third-order valence-corrected chi connectivity index (χ3v) is 4.20. The summed E-state index contributed by atoms with van der Waals surface area (Å²) in [5, 5.41) is 11.7. The van der Waals surface area contributed by atoms with Gasteiger partial charge >= 0.3 is 5.97 Å². The van der Waals surface area contributed by atoms with E-state index in [0.717, 1.165) is 24.3 Å². The summed E-state index contributed by atoms with van der Waals surface area (Å²) in [6, 6.07) is -0.740. The van der Waals surface area contributed by atoms with Crippen LogP contribution in [-0.2, 0) is 9.59 Å². The van der Waals surface area contributed by atoms with Crippen LogP contribution in [0, 0.1) is 11.8 Å². The van der Waals surface area contributed by atoms with E-state index in [-0.39, 0.29) is 11.8 Å². The van der Waals surface area contributed by atoms with E-state index in [2.05, 4.69) is 5.32 Å². The first-order valence-electron chi connectivity index (χ1n) is 6.59. The number of amides is 1. The standard InChI is InChI=1S/C13H23NO3S/c1-9(2)7-11(13(16)17)14-12(15)8-10-3-5-18-6-4-10/h9-11H,3-8H2,1-2H3,(H,14,15)(H,16,17)/t11-/m1/s1.